The van der Waals surface area contributed by atoms with Crippen molar-refractivity contribution in [3.63, 3.8) is 0 Å². The molecule has 0 bridgehead atoms. The number of carbonyl (C=O) groups excluding carboxylic acids is 3. The normalized spacial score (nSPS) is 19.9. The summed E-state index contributed by atoms with van der Waals surface area (Å²) in [6.45, 7) is 3.92. The number of ketones is 1. The molecule has 3 fully saturated rings. The van der Waals surface area contributed by atoms with Crippen LogP contribution in [-0.2, 0) is 14.3 Å². The van der Waals surface area contributed by atoms with Crippen LogP contribution in [0.1, 0.15) is 76.7 Å². The third-order valence-electron chi connectivity index (χ3n) is 7.75. The summed E-state index contributed by atoms with van der Waals surface area (Å²) in [6, 6.07) is 6.96. The molecule has 0 atom stereocenters. The second kappa shape index (κ2) is 11.9. The fraction of sp³-hybridized carbons (Fsp3) is 0.571. The van der Waals surface area contributed by atoms with Gasteiger partial charge in [0.15, 0.2) is 11.6 Å². The first-order valence-corrected chi connectivity index (χ1v) is 14.3. The summed E-state index contributed by atoms with van der Waals surface area (Å²) in [5, 5.41) is 2.82. The van der Waals surface area contributed by atoms with E-state index in [0.717, 1.165) is 37.5 Å². The predicted molar refractivity (Wildman–Crippen MR) is 142 cm³/mol. The summed E-state index contributed by atoms with van der Waals surface area (Å²) in [4.78, 5) is 46.6. The lowest BCUT2D eigenvalue weighted by Crippen LogP contribution is -2.51. The number of hydrogen-bond acceptors (Lipinski definition) is 8. The number of Topliss-reactive ketones (excluding diaryl/α,β-unsaturated/α-hetero) is 1. The molecule has 0 N–H and O–H groups in total. The van der Waals surface area contributed by atoms with Gasteiger partial charge >= 0.3 is 0 Å². The van der Waals surface area contributed by atoms with Gasteiger partial charge in [0.25, 0.3) is 5.91 Å². The third kappa shape index (κ3) is 6.08. The summed E-state index contributed by atoms with van der Waals surface area (Å²) >= 11 is 1.53. The first-order chi connectivity index (χ1) is 18.5. The summed E-state index contributed by atoms with van der Waals surface area (Å²) < 4.78 is 16.9. The van der Waals surface area contributed by atoms with Gasteiger partial charge in [-0.1, -0.05) is 0 Å². The number of ether oxygens (including phenoxy) is 3. The SMILES string of the molecule is COc1ccc(C(=O)CCC(=O)N2CCC(c3nc(C(=O)N4CCC5(CC4)OCCCO5)cs3)CC2)cc1. The van der Waals surface area contributed by atoms with E-state index in [1.54, 1.807) is 31.4 Å². The summed E-state index contributed by atoms with van der Waals surface area (Å²) in [5.41, 5.74) is 1.09. The Hall–Kier alpha value is -2.82. The highest BCUT2D eigenvalue weighted by Crippen LogP contribution is 2.33. The van der Waals surface area contributed by atoms with Crippen LogP contribution in [0.25, 0.3) is 0 Å². The van der Waals surface area contributed by atoms with E-state index < -0.39 is 5.79 Å². The smallest absolute Gasteiger partial charge is 0.273 e. The molecule has 3 aliphatic heterocycles. The van der Waals surface area contributed by atoms with Gasteiger partial charge in [-0.2, -0.15) is 0 Å². The van der Waals surface area contributed by atoms with Gasteiger partial charge in [0.1, 0.15) is 11.4 Å². The van der Waals surface area contributed by atoms with E-state index in [1.807, 2.05) is 15.2 Å². The van der Waals surface area contributed by atoms with E-state index in [2.05, 4.69) is 0 Å². The summed E-state index contributed by atoms with van der Waals surface area (Å²) in [6.07, 6.45) is 4.31. The predicted octanol–water partition coefficient (Wildman–Crippen LogP) is 3.89. The van der Waals surface area contributed by atoms with Gasteiger partial charge in [0, 0.05) is 68.7 Å². The minimum atomic E-state index is -0.517. The highest BCUT2D eigenvalue weighted by Gasteiger charge is 2.40. The van der Waals surface area contributed by atoms with Crippen molar-refractivity contribution in [1.29, 1.82) is 0 Å². The first-order valence-electron chi connectivity index (χ1n) is 13.4. The average molecular weight is 542 g/mol. The molecule has 0 saturated carbocycles. The third-order valence-corrected chi connectivity index (χ3v) is 8.75. The Labute approximate surface area is 227 Å². The van der Waals surface area contributed by atoms with Gasteiger partial charge in [0.2, 0.25) is 5.91 Å². The molecule has 204 valence electrons. The topological polar surface area (TPSA) is 98.3 Å². The molecule has 3 aliphatic rings. The highest BCUT2D eigenvalue weighted by molar-refractivity contribution is 7.09. The number of methoxy groups -OCH3 is 1. The fourth-order valence-electron chi connectivity index (χ4n) is 5.37. The van der Waals surface area contributed by atoms with Crippen molar-refractivity contribution in [1.82, 2.24) is 14.8 Å². The van der Waals surface area contributed by atoms with E-state index in [9.17, 15) is 14.4 Å². The standard InChI is InChI=1S/C28H35N3O6S/c1-35-22-5-3-20(4-6-22)24(32)7-8-25(33)30-13-9-21(10-14-30)26-29-23(19-38-26)27(34)31-15-11-28(12-16-31)36-17-2-18-37-28/h3-6,19,21H,2,7-18H2,1H3. The molecule has 2 aromatic rings. The van der Waals surface area contributed by atoms with Gasteiger partial charge in [-0.05, 0) is 43.5 Å². The van der Waals surface area contributed by atoms with Crippen molar-refractivity contribution in [2.75, 3.05) is 46.5 Å². The molecule has 38 heavy (non-hydrogen) atoms. The lowest BCUT2D eigenvalue weighted by molar-refractivity contribution is -0.281. The molecule has 1 aromatic carbocycles. The highest BCUT2D eigenvalue weighted by atomic mass is 32.1. The number of hydrogen-bond donors (Lipinski definition) is 0. The Morgan fingerprint density at radius 2 is 1.68 bits per heavy atom. The number of benzene rings is 1. The molecule has 2 amide bonds. The average Bonchev–Trinajstić information content (AvgIpc) is 3.47. The number of rotatable bonds is 7. The Morgan fingerprint density at radius 1 is 1.00 bits per heavy atom. The number of amides is 2. The van der Waals surface area contributed by atoms with Gasteiger partial charge in [-0.3, -0.25) is 14.4 Å². The second-order valence-corrected chi connectivity index (χ2v) is 11.0. The molecule has 1 aromatic heterocycles. The lowest BCUT2D eigenvalue weighted by Gasteiger charge is -2.43. The zero-order chi connectivity index (χ0) is 26.5. The van der Waals surface area contributed by atoms with Gasteiger partial charge in [-0.15, -0.1) is 11.3 Å². The summed E-state index contributed by atoms with van der Waals surface area (Å²) in [7, 11) is 1.58. The van der Waals surface area contributed by atoms with Crippen LogP contribution in [0.15, 0.2) is 29.6 Å². The van der Waals surface area contributed by atoms with Crippen LogP contribution in [0.3, 0.4) is 0 Å². The molecule has 0 radical (unpaired) electrons. The molecule has 0 aliphatic carbocycles. The van der Waals surface area contributed by atoms with Crippen molar-refractivity contribution in [2.45, 2.75) is 56.7 Å². The van der Waals surface area contributed by atoms with Gasteiger partial charge in [-0.25, -0.2) is 4.98 Å². The van der Waals surface area contributed by atoms with Crippen molar-refractivity contribution in [3.8, 4) is 5.75 Å². The number of nitrogens with zero attached hydrogens (tertiary/aromatic N) is 3. The molecule has 1 spiro atoms. The lowest BCUT2D eigenvalue weighted by atomic mass is 9.97. The zero-order valence-electron chi connectivity index (χ0n) is 21.9. The molecule has 3 saturated heterocycles. The van der Waals surface area contributed by atoms with Crippen LogP contribution in [0.4, 0.5) is 0 Å². The number of thiazole rings is 1. The molecule has 9 nitrogen and oxygen atoms in total. The van der Waals surface area contributed by atoms with Crippen molar-refractivity contribution < 1.29 is 28.6 Å². The van der Waals surface area contributed by atoms with Gasteiger partial charge in [0.05, 0.1) is 25.3 Å². The molecule has 10 heteroatoms. The fourth-order valence-corrected chi connectivity index (χ4v) is 6.33. The molecule has 5 rings (SSSR count). The van der Waals surface area contributed by atoms with Crippen molar-refractivity contribution >= 4 is 28.9 Å². The quantitative estimate of drug-likeness (QED) is 0.491. The number of carbonyl (C=O) groups is 3. The molecular formula is C28H35N3O6S. The van der Waals surface area contributed by atoms with Crippen LogP contribution in [-0.4, -0.2) is 84.7 Å². The number of aromatic nitrogens is 1. The van der Waals surface area contributed by atoms with Crippen molar-refractivity contribution in [2.24, 2.45) is 0 Å². The van der Waals surface area contributed by atoms with Crippen LogP contribution in [0.5, 0.6) is 5.75 Å². The number of piperidine rings is 2. The zero-order valence-corrected chi connectivity index (χ0v) is 22.7. The second-order valence-electron chi connectivity index (χ2n) is 10.1. The van der Waals surface area contributed by atoms with E-state index in [1.165, 1.54) is 11.3 Å². The molecular weight excluding hydrogens is 506 g/mol. The number of likely N-dealkylation sites (tertiary alicyclic amines) is 2. The van der Waals surface area contributed by atoms with Crippen LogP contribution in [0, 0.1) is 0 Å². The monoisotopic (exact) mass is 541 g/mol. The van der Waals surface area contributed by atoms with E-state index in [-0.39, 0.29) is 36.4 Å². The van der Waals surface area contributed by atoms with Crippen LogP contribution >= 0.6 is 11.3 Å². The van der Waals surface area contributed by atoms with E-state index in [4.69, 9.17) is 19.2 Å². The minimum Gasteiger partial charge on any atom is -0.497 e. The minimum absolute atomic E-state index is 0.00844. The van der Waals surface area contributed by atoms with E-state index in [0.29, 0.717) is 56.0 Å². The molecule has 4 heterocycles. The van der Waals surface area contributed by atoms with E-state index >= 15 is 0 Å². The maximum absolute atomic E-state index is 13.1. The largest absolute Gasteiger partial charge is 0.497 e. The maximum Gasteiger partial charge on any atom is 0.273 e. The van der Waals surface area contributed by atoms with Gasteiger partial charge < -0.3 is 24.0 Å². The van der Waals surface area contributed by atoms with Crippen LogP contribution in [0.2, 0.25) is 0 Å². The Morgan fingerprint density at radius 3 is 2.34 bits per heavy atom. The Kier molecular flexibility index (Phi) is 8.40. The Bertz CT molecular complexity index is 1130. The van der Waals surface area contributed by atoms with Crippen molar-refractivity contribution in [3.05, 3.63) is 45.9 Å². The molecule has 0 unspecified atom stereocenters. The summed E-state index contributed by atoms with van der Waals surface area (Å²) in [5.74, 6) is 0.345. The van der Waals surface area contributed by atoms with Crippen LogP contribution < -0.4 is 4.74 Å². The first kappa shape index (κ1) is 26.8. The maximum atomic E-state index is 13.1. The Balaban J connectivity index is 1.07.